The molecule has 21 heavy (non-hydrogen) atoms. The Balaban J connectivity index is 1.70. The summed E-state index contributed by atoms with van der Waals surface area (Å²) in [6.45, 7) is 4.02. The standard InChI is InChI=1S/C16H25ClN2O2/c1-21-12-15(20)10-18-14-6-8-19(9-7-14)11-13-4-2-3-5-16(13)17/h2-5,14-15,18,20H,6-12H2,1H3. The predicted molar refractivity (Wildman–Crippen MR) is 85.6 cm³/mol. The number of methoxy groups -OCH3 is 1. The second-order valence-corrected chi connectivity index (χ2v) is 6.07. The van der Waals surface area contributed by atoms with Gasteiger partial charge in [0, 0.05) is 31.3 Å². The molecule has 2 rings (SSSR count). The second kappa shape index (κ2) is 8.71. The summed E-state index contributed by atoms with van der Waals surface area (Å²) in [4.78, 5) is 2.44. The van der Waals surface area contributed by atoms with E-state index in [1.165, 1.54) is 5.56 Å². The third-order valence-electron chi connectivity index (χ3n) is 3.94. The van der Waals surface area contributed by atoms with Gasteiger partial charge in [-0.2, -0.15) is 0 Å². The van der Waals surface area contributed by atoms with Crippen molar-refractivity contribution < 1.29 is 9.84 Å². The van der Waals surface area contributed by atoms with Crippen LogP contribution in [-0.2, 0) is 11.3 Å². The van der Waals surface area contributed by atoms with Gasteiger partial charge in [0.2, 0.25) is 0 Å². The largest absolute Gasteiger partial charge is 0.389 e. The number of hydrogen-bond donors (Lipinski definition) is 2. The number of likely N-dealkylation sites (tertiary alicyclic amines) is 1. The van der Waals surface area contributed by atoms with E-state index in [9.17, 15) is 5.11 Å². The van der Waals surface area contributed by atoms with Gasteiger partial charge in [-0.25, -0.2) is 0 Å². The van der Waals surface area contributed by atoms with Crippen molar-refractivity contribution in [3.63, 3.8) is 0 Å². The van der Waals surface area contributed by atoms with Crippen LogP contribution in [-0.4, -0.2) is 55.5 Å². The molecule has 0 aliphatic carbocycles. The summed E-state index contributed by atoms with van der Waals surface area (Å²) in [6, 6.07) is 8.52. The first-order chi connectivity index (χ1) is 10.2. The Bertz CT molecular complexity index is 422. The lowest BCUT2D eigenvalue weighted by Crippen LogP contribution is -2.44. The van der Waals surface area contributed by atoms with Gasteiger partial charge in [-0.15, -0.1) is 0 Å². The van der Waals surface area contributed by atoms with Gasteiger partial charge in [0.1, 0.15) is 0 Å². The van der Waals surface area contributed by atoms with Crippen molar-refractivity contribution in [3.05, 3.63) is 34.9 Å². The maximum absolute atomic E-state index is 9.64. The zero-order valence-corrected chi connectivity index (χ0v) is 13.4. The van der Waals surface area contributed by atoms with Crippen LogP contribution in [0.3, 0.4) is 0 Å². The number of aliphatic hydroxyl groups excluding tert-OH is 1. The molecule has 1 aliphatic heterocycles. The predicted octanol–water partition coefficient (Wildman–Crippen LogP) is 1.90. The zero-order valence-electron chi connectivity index (χ0n) is 12.6. The highest BCUT2D eigenvalue weighted by atomic mass is 35.5. The summed E-state index contributed by atoms with van der Waals surface area (Å²) in [5, 5.41) is 13.9. The Morgan fingerprint density at radius 2 is 2.10 bits per heavy atom. The number of piperidine rings is 1. The molecule has 1 saturated heterocycles. The van der Waals surface area contributed by atoms with Crippen molar-refractivity contribution in [3.8, 4) is 0 Å². The van der Waals surface area contributed by atoms with E-state index >= 15 is 0 Å². The van der Waals surface area contributed by atoms with Crippen LogP contribution in [0.2, 0.25) is 5.02 Å². The number of hydrogen-bond acceptors (Lipinski definition) is 4. The van der Waals surface area contributed by atoms with Crippen LogP contribution in [0.4, 0.5) is 0 Å². The lowest BCUT2D eigenvalue weighted by Gasteiger charge is -2.33. The molecule has 1 heterocycles. The average molecular weight is 313 g/mol. The second-order valence-electron chi connectivity index (χ2n) is 5.66. The Morgan fingerprint density at radius 1 is 1.38 bits per heavy atom. The first kappa shape index (κ1) is 16.7. The fourth-order valence-corrected chi connectivity index (χ4v) is 2.91. The maximum atomic E-state index is 9.64. The molecule has 4 nitrogen and oxygen atoms in total. The summed E-state index contributed by atoms with van der Waals surface area (Å²) in [5.41, 5.74) is 1.20. The summed E-state index contributed by atoms with van der Waals surface area (Å²) in [6.07, 6.45) is 1.78. The monoisotopic (exact) mass is 312 g/mol. The Hall–Kier alpha value is -0.650. The first-order valence-electron chi connectivity index (χ1n) is 7.55. The molecule has 1 fully saturated rings. The lowest BCUT2D eigenvalue weighted by molar-refractivity contribution is 0.0602. The van der Waals surface area contributed by atoms with Crippen LogP contribution >= 0.6 is 11.6 Å². The van der Waals surface area contributed by atoms with Crippen molar-refractivity contribution in [2.75, 3.05) is 33.4 Å². The lowest BCUT2D eigenvalue weighted by atomic mass is 10.0. The van der Waals surface area contributed by atoms with E-state index in [1.807, 2.05) is 18.2 Å². The number of rotatable bonds is 7. The summed E-state index contributed by atoms with van der Waals surface area (Å²) < 4.78 is 4.93. The third-order valence-corrected chi connectivity index (χ3v) is 4.31. The molecule has 1 unspecified atom stereocenters. The fraction of sp³-hybridized carbons (Fsp3) is 0.625. The van der Waals surface area contributed by atoms with Crippen molar-refractivity contribution >= 4 is 11.6 Å². The van der Waals surface area contributed by atoms with Gasteiger partial charge < -0.3 is 15.2 Å². The number of aliphatic hydroxyl groups is 1. The molecular formula is C16H25ClN2O2. The molecule has 0 radical (unpaired) electrons. The van der Waals surface area contributed by atoms with E-state index in [2.05, 4.69) is 16.3 Å². The molecule has 1 aromatic carbocycles. The minimum Gasteiger partial charge on any atom is -0.389 e. The van der Waals surface area contributed by atoms with Gasteiger partial charge in [-0.3, -0.25) is 4.90 Å². The van der Waals surface area contributed by atoms with Gasteiger partial charge in [0.25, 0.3) is 0 Å². The minimum absolute atomic E-state index is 0.387. The van der Waals surface area contributed by atoms with Crippen LogP contribution in [0.25, 0.3) is 0 Å². The molecule has 2 N–H and O–H groups in total. The molecule has 0 aromatic heterocycles. The first-order valence-corrected chi connectivity index (χ1v) is 7.93. The molecule has 1 aliphatic rings. The van der Waals surface area contributed by atoms with Gasteiger partial charge >= 0.3 is 0 Å². The fourth-order valence-electron chi connectivity index (χ4n) is 2.72. The Kier molecular flexibility index (Phi) is 6.93. The van der Waals surface area contributed by atoms with E-state index < -0.39 is 6.10 Å². The maximum Gasteiger partial charge on any atom is 0.0897 e. The number of benzene rings is 1. The van der Waals surface area contributed by atoms with Gasteiger partial charge in [-0.1, -0.05) is 29.8 Å². The van der Waals surface area contributed by atoms with E-state index in [4.69, 9.17) is 16.3 Å². The smallest absolute Gasteiger partial charge is 0.0897 e. The van der Waals surface area contributed by atoms with Crippen molar-refractivity contribution in [1.29, 1.82) is 0 Å². The highest BCUT2D eigenvalue weighted by Gasteiger charge is 2.20. The molecule has 5 heteroatoms. The van der Waals surface area contributed by atoms with Crippen LogP contribution < -0.4 is 5.32 Å². The number of halogens is 1. The van der Waals surface area contributed by atoms with Gasteiger partial charge in [-0.05, 0) is 37.6 Å². The molecular weight excluding hydrogens is 288 g/mol. The van der Waals surface area contributed by atoms with Gasteiger partial charge in [0.15, 0.2) is 0 Å². The summed E-state index contributed by atoms with van der Waals surface area (Å²) in [7, 11) is 1.61. The van der Waals surface area contributed by atoms with Crippen LogP contribution in [0.1, 0.15) is 18.4 Å². The molecule has 118 valence electrons. The molecule has 0 saturated carbocycles. The molecule has 0 bridgehead atoms. The topological polar surface area (TPSA) is 44.7 Å². The molecule has 0 spiro atoms. The molecule has 1 atom stereocenters. The summed E-state index contributed by atoms with van der Waals surface area (Å²) >= 11 is 6.21. The summed E-state index contributed by atoms with van der Waals surface area (Å²) in [5.74, 6) is 0. The number of nitrogens with one attached hydrogen (secondary N) is 1. The quantitative estimate of drug-likeness (QED) is 0.807. The number of ether oxygens (including phenoxy) is 1. The van der Waals surface area contributed by atoms with E-state index in [0.29, 0.717) is 19.2 Å². The van der Waals surface area contributed by atoms with E-state index in [0.717, 1.165) is 37.5 Å². The zero-order chi connectivity index (χ0) is 15.1. The SMILES string of the molecule is COCC(O)CNC1CCN(Cc2ccccc2Cl)CC1. The number of nitrogens with zero attached hydrogens (tertiary/aromatic N) is 1. The molecule has 0 amide bonds. The van der Waals surface area contributed by atoms with Crippen LogP contribution in [0, 0.1) is 0 Å². The Labute approximate surface area is 132 Å². The van der Waals surface area contributed by atoms with Crippen LogP contribution in [0.15, 0.2) is 24.3 Å². The molecule has 1 aromatic rings. The van der Waals surface area contributed by atoms with Crippen molar-refractivity contribution in [2.24, 2.45) is 0 Å². The van der Waals surface area contributed by atoms with Crippen molar-refractivity contribution in [1.82, 2.24) is 10.2 Å². The Morgan fingerprint density at radius 3 is 2.76 bits per heavy atom. The van der Waals surface area contributed by atoms with Crippen molar-refractivity contribution in [2.45, 2.75) is 31.5 Å². The van der Waals surface area contributed by atoms with Crippen LogP contribution in [0.5, 0.6) is 0 Å². The highest BCUT2D eigenvalue weighted by molar-refractivity contribution is 6.31. The van der Waals surface area contributed by atoms with Gasteiger partial charge in [0.05, 0.1) is 12.7 Å². The van der Waals surface area contributed by atoms with E-state index in [1.54, 1.807) is 7.11 Å². The minimum atomic E-state index is -0.420. The average Bonchev–Trinajstić information content (AvgIpc) is 2.49. The van der Waals surface area contributed by atoms with E-state index in [-0.39, 0.29) is 0 Å². The highest BCUT2D eigenvalue weighted by Crippen LogP contribution is 2.19. The normalized spacial score (nSPS) is 18.8. The third kappa shape index (κ3) is 5.57.